The number of aromatic nitrogens is 1. The van der Waals surface area contributed by atoms with Crippen molar-refractivity contribution in [2.45, 2.75) is 38.1 Å². The smallest absolute Gasteiger partial charge is 0.105 e. The van der Waals surface area contributed by atoms with Gasteiger partial charge in [-0.15, -0.1) is 0 Å². The monoisotopic (exact) mass is 243 g/mol. The summed E-state index contributed by atoms with van der Waals surface area (Å²) < 4.78 is 5.72. The average molecular weight is 243 g/mol. The Kier molecular flexibility index (Phi) is 3.02. The second kappa shape index (κ2) is 4.67. The maximum atomic E-state index is 10.3. The molecule has 1 aliphatic heterocycles. The van der Waals surface area contributed by atoms with E-state index in [1.54, 1.807) is 6.20 Å². The largest absolute Gasteiger partial charge is 0.386 e. The Hall–Kier alpha value is -1.45. The molecule has 3 rings (SSSR count). The van der Waals surface area contributed by atoms with Crippen LogP contribution in [0.15, 0.2) is 36.5 Å². The number of rotatable bonds is 2. The first-order chi connectivity index (χ1) is 8.74. The van der Waals surface area contributed by atoms with Gasteiger partial charge in [0, 0.05) is 11.6 Å². The molecule has 1 aliphatic rings. The molecule has 3 atom stereocenters. The number of aliphatic hydroxyl groups is 1. The second-order valence-electron chi connectivity index (χ2n) is 4.96. The van der Waals surface area contributed by atoms with Gasteiger partial charge in [0.25, 0.3) is 0 Å². The molecule has 0 spiro atoms. The summed E-state index contributed by atoms with van der Waals surface area (Å²) in [6, 6.07) is 9.85. The standard InChI is InChI=1S/C15H17NO2/c1-10-4-7-14(18-10)15(17)12-6-5-11-3-2-8-16-13(11)9-12/h2-3,5-6,8-10,14-15,17H,4,7H2,1H3. The molecule has 0 aliphatic carbocycles. The summed E-state index contributed by atoms with van der Waals surface area (Å²) in [4.78, 5) is 4.31. The zero-order valence-electron chi connectivity index (χ0n) is 10.4. The van der Waals surface area contributed by atoms with Crippen molar-refractivity contribution in [3.63, 3.8) is 0 Å². The predicted molar refractivity (Wildman–Crippen MR) is 70.3 cm³/mol. The van der Waals surface area contributed by atoms with Crippen LogP contribution in [-0.2, 0) is 4.74 Å². The van der Waals surface area contributed by atoms with E-state index in [1.807, 2.05) is 30.3 Å². The van der Waals surface area contributed by atoms with E-state index in [1.165, 1.54) is 0 Å². The normalized spacial score (nSPS) is 25.4. The lowest BCUT2D eigenvalue weighted by Crippen LogP contribution is -2.18. The Bertz CT molecular complexity index is 555. The fourth-order valence-corrected chi connectivity index (χ4v) is 2.55. The van der Waals surface area contributed by atoms with Crippen LogP contribution in [-0.4, -0.2) is 22.3 Å². The van der Waals surface area contributed by atoms with Crippen LogP contribution in [0.4, 0.5) is 0 Å². The maximum Gasteiger partial charge on any atom is 0.105 e. The number of fused-ring (bicyclic) bond motifs is 1. The van der Waals surface area contributed by atoms with Crippen molar-refractivity contribution < 1.29 is 9.84 Å². The van der Waals surface area contributed by atoms with Gasteiger partial charge < -0.3 is 9.84 Å². The molecular formula is C15H17NO2. The van der Waals surface area contributed by atoms with Crippen LogP contribution in [0.5, 0.6) is 0 Å². The highest BCUT2D eigenvalue weighted by molar-refractivity contribution is 5.78. The second-order valence-corrected chi connectivity index (χ2v) is 4.96. The quantitative estimate of drug-likeness (QED) is 0.882. The summed E-state index contributed by atoms with van der Waals surface area (Å²) in [5.41, 5.74) is 1.81. The van der Waals surface area contributed by atoms with E-state index in [2.05, 4.69) is 11.9 Å². The van der Waals surface area contributed by atoms with Crippen LogP contribution in [0.25, 0.3) is 10.9 Å². The van der Waals surface area contributed by atoms with E-state index >= 15 is 0 Å². The molecular weight excluding hydrogens is 226 g/mol. The summed E-state index contributed by atoms with van der Waals surface area (Å²) in [6.07, 6.45) is 3.33. The van der Waals surface area contributed by atoms with Gasteiger partial charge in [-0.2, -0.15) is 0 Å². The van der Waals surface area contributed by atoms with Crippen molar-refractivity contribution in [2.24, 2.45) is 0 Å². The van der Waals surface area contributed by atoms with Crippen molar-refractivity contribution in [3.8, 4) is 0 Å². The number of pyridine rings is 1. The van der Waals surface area contributed by atoms with Crippen LogP contribution in [0.3, 0.4) is 0 Å². The van der Waals surface area contributed by atoms with Gasteiger partial charge in [-0.3, -0.25) is 4.98 Å². The van der Waals surface area contributed by atoms with Gasteiger partial charge >= 0.3 is 0 Å². The first-order valence-corrected chi connectivity index (χ1v) is 6.42. The number of aliphatic hydroxyl groups excluding tert-OH is 1. The molecule has 94 valence electrons. The minimum absolute atomic E-state index is 0.0823. The summed E-state index contributed by atoms with van der Waals surface area (Å²) in [7, 11) is 0. The van der Waals surface area contributed by atoms with Crippen LogP contribution >= 0.6 is 0 Å². The van der Waals surface area contributed by atoms with Gasteiger partial charge in [-0.1, -0.05) is 18.2 Å². The lowest BCUT2D eigenvalue weighted by molar-refractivity contribution is -0.0297. The third-order valence-corrected chi connectivity index (χ3v) is 3.59. The van der Waals surface area contributed by atoms with E-state index in [0.717, 1.165) is 29.3 Å². The van der Waals surface area contributed by atoms with Crippen molar-refractivity contribution in [3.05, 3.63) is 42.1 Å². The third-order valence-electron chi connectivity index (χ3n) is 3.59. The molecule has 1 N–H and O–H groups in total. The minimum atomic E-state index is -0.554. The zero-order valence-corrected chi connectivity index (χ0v) is 10.4. The highest BCUT2D eigenvalue weighted by Gasteiger charge is 2.29. The predicted octanol–water partition coefficient (Wildman–Crippen LogP) is 2.84. The maximum absolute atomic E-state index is 10.3. The highest BCUT2D eigenvalue weighted by atomic mass is 16.5. The van der Waals surface area contributed by atoms with Gasteiger partial charge in [-0.05, 0) is 37.5 Å². The Labute approximate surface area is 106 Å². The lowest BCUT2D eigenvalue weighted by Gasteiger charge is -2.19. The molecule has 3 nitrogen and oxygen atoms in total. The number of hydrogen-bond donors (Lipinski definition) is 1. The molecule has 3 heteroatoms. The Morgan fingerprint density at radius 2 is 2.22 bits per heavy atom. The zero-order chi connectivity index (χ0) is 12.5. The average Bonchev–Trinajstić information content (AvgIpc) is 2.84. The molecule has 1 aromatic carbocycles. The van der Waals surface area contributed by atoms with Crippen molar-refractivity contribution >= 4 is 10.9 Å². The summed E-state index contributed by atoms with van der Waals surface area (Å²) >= 11 is 0. The number of ether oxygens (including phenoxy) is 1. The fourth-order valence-electron chi connectivity index (χ4n) is 2.55. The molecule has 0 amide bonds. The fraction of sp³-hybridized carbons (Fsp3) is 0.400. The molecule has 1 fully saturated rings. The molecule has 2 heterocycles. The van der Waals surface area contributed by atoms with Gasteiger partial charge in [0.2, 0.25) is 0 Å². The molecule has 0 radical (unpaired) electrons. The molecule has 1 aromatic heterocycles. The molecule has 2 aromatic rings. The van der Waals surface area contributed by atoms with Crippen LogP contribution in [0.1, 0.15) is 31.4 Å². The van der Waals surface area contributed by atoms with Crippen LogP contribution in [0.2, 0.25) is 0 Å². The number of benzene rings is 1. The highest BCUT2D eigenvalue weighted by Crippen LogP contribution is 2.30. The molecule has 0 bridgehead atoms. The van der Waals surface area contributed by atoms with Crippen molar-refractivity contribution in [2.75, 3.05) is 0 Å². The van der Waals surface area contributed by atoms with Gasteiger partial charge in [0.1, 0.15) is 6.10 Å². The number of nitrogens with zero attached hydrogens (tertiary/aromatic N) is 1. The molecule has 18 heavy (non-hydrogen) atoms. The molecule has 1 saturated heterocycles. The van der Waals surface area contributed by atoms with Gasteiger partial charge in [0.15, 0.2) is 0 Å². The SMILES string of the molecule is CC1CCC(C(O)c2ccc3cccnc3c2)O1. The van der Waals surface area contributed by atoms with E-state index < -0.39 is 6.10 Å². The Morgan fingerprint density at radius 1 is 1.33 bits per heavy atom. The van der Waals surface area contributed by atoms with Gasteiger partial charge in [0.05, 0.1) is 17.7 Å². The minimum Gasteiger partial charge on any atom is -0.386 e. The van der Waals surface area contributed by atoms with Crippen molar-refractivity contribution in [1.29, 1.82) is 0 Å². The van der Waals surface area contributed by atoms with Crippen molar-refractivity contribution in [1.82, 2.24) is 4.98 Å². The first kappa shape index (κ1) is 11.6. The molecule has 3 unspecified atom stereocenters. The summed E-state index contributed by atoms with van der Waals surface area (Å²) in [6.45, 7) is 2.05. The Morgan fingerprint density at radius 3 is 3.00 bits per heavy atom. The summed E-state index contributed by atoms with van der Waals surface area (Å²) in [5, 5.41) is 11.4. The number of hydrogen-bond acceptors (Lipinski definition) is 3. The Balaban J connectivity index is 1.89. The van der Waals surface area contributed by atoms with E-state index in [-0.39, 0.29) is 12.2 Å². The third kappa shape index (κ3) is 2.11. The lowest BCUT2D eigenvalue weighted by atomic mass is 10.0. The van der Waals surface area contributed by atoms with E-state index in [9.17, 15) is 5.11 Å². The summed E-state index contributed by atoms with van der Waals surface area (Å²) in [5.74, 6) is 0. The van der Waals surface area contributed by atoms with Gasteiger partial charge in [-0.25, -0.2) is 0 Å². The van der Waals surface area contributed by atoms with Crippen LogP contribution < -0.4 is 0 Å². The van der Waals surface area contributed by atoms with E-state index in [0.29, 0.717) is 0 Å². The molecule has 0 saturated carbocycles. The van der Waals surface area contributed by atoms with E-state index in [4.69, 9.17) is 4.74 Å². The first-order valence-electron chi connectivity index (χ1n) is 6.42. The van der Waals surface area contributed by atoms with Crippen LogP contribution in [0, 0.1) is 0 Å². The topological polar surface area (TPSA) is 42.4 Å².